The third kappa shape index (κ3) is 4.87. The Morgan fingerprint density at radius 2 is 1.61 bits per heavy atom. The number of anilines is 2. The maximum absolute atomic E-state index is 12.9. The predicted octanol–water partition coefficient (Wildman–Crippen LogP) is 5.35. The van der Waals surface area contributed by atoms with Crippen molar-refractivity contribution in [2.75, 3.05) is 17.2 Å². The van der Waals surface area contributed by atoms with Crippen LogP contribution in [0.3, 0.4) is 0 Å². The second-order valence-corrected chi connectivity index (χ2v) is 7.52. The highest BCUT2D eigenvalue weighted by Crippen LogP contribution is 2.24. The van der Waals surface area contributed by atoms with E-state index < -0.39 is 0 Å². The summed E-state index contributed by atoms with van der Waals surface area (Å²) in [5.74, 6) is -0.271. The molecule has 0 aliphatic rings. The van der Waals surface area contributed by atoms with Crippen LogP contribution in [0.15, 0.2) is 71.2 Å². The van der Waals surface area contributed by atoms with Gasteiger partial charge in [0.05, 0.1) is 6.54 Å². The molecule has 0 bridgehead atoms. The van der Waals surface area contributed by atoms with Gasteiger partial charge in [0.25, 0.3) is 0 Å². The molecule has 0 fully saturated rings. The van der Waals surface area contributed by atoms with E-state index in [1.54, 1.807) is 24.3 Å². The topological polar surface area (TPSA) is 58.2 Å². The van der Waals surface area contributed by atoms with E-state index in [4.69, 9.17) is 0 Å². The standard InChI is InChI=1S/C23H21BrN2O2/c1-15-8-10-20(16(2)12-15)26-22(27)14-25-21-11-9-18(24)13-19(21)23(28)17-6-4-3-5-7-17/h3-13,25H,14H2,1-2H3,(H,26,27). The van der Waals surface area contributed by atoms with Crippen molar-refractivity contribution < 1.29 is 9.59 Å². The number of carbonyl (C=O) groups is 2. The van der Waals surface area contributed by atoms with Gasteiger partial charge in [0.2, 0.25) is 5.91 Å². The lowest BCUT2D eigenvalue weighted by Gasteiger charge is -2.13. The number of hydrogen-bond acceptors (Lipinski definition) is 3. The van der Waals surface area contributed by atoms with E-state index in [1.807, 2.05) is 56.3 Å². The van der Waals surface area contributed by atoms with E-state index in [1.165, 1.54) is 0 Å². The van der Waals surface area contributed by atoms with Crippen molar-refractivity contribution in [3.8, 4) is 0 Å². The number of aryl methyl sites for hydroxylation is 2. The highest BCUT2D eigenvalue weighted by molar-refractivity contribution is 9.10. The molecule has 1 amide bonds. The number of benzene rings is 3. The number of halogens is 1. The monoisotopic (exact) mass is 436 g/mol. The van der Waals surface area contributed by atoms with E-state index in [9.17, 15) is 9.59 Å². The van der Waals surface area contributed by atoms with Gasteiger partial charge in [0, 0.05) is 27.0 Å². The van der Waals surface area contributed by atoms with Crippen LogP contribution >= 0.6 is 15.9 Å². The zero-order valence-corrected chi connectivity index (χ0v) is 17.3. The molecule has 3 rings (SSSR count). The number of amides is 1. The smallest absolute Gasteiger partial charge is 0.243 e. The molecule has 28 heavy (non-hydrogen) atoms. The van der Waals surface area contributed by atoms with Crippen molar-refractivity contribution in [3.63, 3.8) is 0 Å². The van der Waals surface area contributed by atoms with Gasteiger partial charge in [-0.05, 0) is 43.7 Å². The molecule has 0 saturated carbocycles. The molecular weight excluding hydrogens is 416 g/mol. The molecule has 0 atom stereocenters. The van der Waals surface area contributed by atoms with Crippen LogP contribution in [0, 0.1) is 13.8 Å². The van der Waals surface area contributed by atoms with Crippen molar-refractivity contribution in [2.24, 2.45) is 0 Å². The summed E-state index contributed by atoms with van der Waals surface area (Å²) < 4.78 is 0.803. The van der Waals surface area contributed by atoms with Crippen molar-refractivity contribution in [2.45, 2.75) is 13.8 Å². The van der Waals surface area contributed by atoms with Crippen molar-refractivity contribution in [1.29, 1.82) is 0 Å². The lowest BCUT2D eigenvalue weighted by Crippen LogP contribution is -2.23. The first-order valence-corrected chi connectivity index (χ1v) is 9.73. The van der Waals surface area contributed by atoms with Gasteiger partial charge < -0.3 is 10.6 Å². The molecule has 0 unspecified atom stereocenters. The Hall–Kier alpha value is -2.92. The van der Waals surface area contributed by atoms with Gasteiger partial charge in [-0.25, -0.2) is 0 Å². The Balaban J connectivity index is 1.74. The van der Waals surface area contributed by atoms with Crippen LogP contribution in [0.25, 0.3) is 0 Å². The Morgan fingerprint density at radius 1 is 0.893 bits per heavy atom. The Kier molecular flexibility index (Phi) is 6.26. The molecule has 0 saturated heterocycles. The number of carbonyl (C=O) groups excluding carboxylic acids is 2. The molecule has 0 spiro atoms. The van der Waals surface area contributed by atoms with Gasteiger partial charge in [0.1, 0.15) is 0 Å². The van der Waals surface area contributed by atoms with Gasteiger partial charge >= 0.3 is 0 Å². The predicted molar refractivity (Wildman–Crippen MR) is 117 cm³/mol. The van der Waals surface area contributed by atoms with E-state index >= 15 is 0 Å². The minimum absolute atomic E-state index is 0.0595. The highest BCUT2D eigenvalue weighted by atomic mass is 79.9. The molecule has 0 radical (unpaired) electrons. The summed E-state index contributed by atoms with van der Waals surface area (Å²) in [5.41, 5.74) is 4.68. The number of nitrogens with one attached hydrogen (secondary N) is 2. The number of hydrogen-bond donors (Lipinski definition) is 2. The van der Waals surface area contributed by atoms with Crippen LogP contribution < -0.4 is 10.6 Å². The van der Waals surface area contributed by atoms with Gasteiger partial charge in [-0.15, -0.1) is 0 Å². The Bertz CT molecular complexity index is 1020. The Morgan fingerprint density at radius 3 is 2.32 bits per heavy atom. The molecule has 142 valence electrons. The van der Waals surface area contributed by atoms with Crippen LogP contribution in [-0.4, -0.2) is 18.2 Å². The van der Waals surface area contributed by atoms with Crippen molar-refractivity contribution in [1.82, 2.24) is 0 Å². The molecule has 4 nitrogen and oxygen atoms in total. The summed E-state index contributed by atoms with van der Waals surface area (Å²) in [5, 5.41) is 5.99. The second kappa shape index (κ2) is 8.85. The second-order valence-electron chi connectivity index (χ2n) is 6.61. The maximum atomic E-state index is 12.9. The normalized spacial score (nSPS) is 10.4. The van der Waals surface area contributed by atoms with Crippen LogP contribution in [0.2, 0.25) is 0 Å². The average Bonchev–Trinajstić information content (AvgIpc) is 2.69. The molecule has 0 aromatic heterocycles. The summed E-state index contributed by atoms with van der Waals surface area (Å²) in [6.07, 6.45) is 0. The molecule has 0 heterocycles. The zero-order valence-electron chi connectivity index (χ0n) is 15.8. The fourth-order valence-corrected chi connectivity index (χ4v) is 3.29. The molecular formula is C23H21BrN2O2. The molecule has 5 heteroatoms. The largest absolute Gasteiger partial charge is 0.376 e. The summed E-state index contributed by atoms with van der Waals surface area (Å²) in [7, 11) is 0. The van der Waals surface area contributed by atoms with E-state index in [0.717, 1.165) is 21.3 Å². The molecule has 2 N–H and O–H groups in total. The third-order valence-electron chi connectivity index (χ3n) is 4.36. The minimum Gasteiger partial charge on any atom is -0.376 e. The Labute approximate surface area is 173 Å². The first-order valence-electron chi connectivity index (χ1n) is 8.94. The number of ketones is 1. The van der Waals surface area contributed by atoms with E-state index in [-0.39, 0.29) is 18.2 Å². The van der Waals surface area contributed by atoms with E-state index in [2.05, 4.69) is 26.6 Å². The molecule has 0 aliphatic heterocycles. The van der Waals surface area contributed by atoms with Crippen LogP contribution in [-0.2, 0) is 4.79 Å². The van der Waals surface area contributed by atoms with Gasteiger partial charge in [-0.2, -0.15) is 0 Å². The first-order chi connectivity index (χ1) is 13.4. The minimum atomic E-state index is -0.173. The van der Waals surface area contributed by atoms with Crippen LogP contribution in [0.4, 0.5) is 11.4 Å². The summed E-state index contributed by atoms with van der Waals surface area (Å²) in [6, 6.07) is 20.4. The highest BCUT2D eigenvalue weighted by Gasteiger charge is 2.15. The molecule has 0 aliphatic carbocycles. The molecule has 3 aromatic rings. The van der Waals surface area contributed by atoms with Gasteiger partial charge in [0.15, 0.2) is 5.78 Å². The van der Waals surface area contributed by atoms with Crippen LogP contribution in [0.1, 0.15) is 27.0 Å². The van der Waals surface area contributed by atoms with Gasteiger partial charge in [-0.3, -0.25) is 9.59 Å². The average molecular weight is 437 g/mol. The van der Waals surface area contributed by atoms with Gasteiger partial charge in [-0.1, -0.05) is 64.0 Å². The van der Waals surface area contributed by atoms with Crippen LogP contribution in [0.5, 0.6) is 0 Å². The van der Waals surface area contributed by atoms with E-state index in [0.29, 0.717) is 16.8 Å². The fraction of sp³-hybridized carbons (Fsp3) is 0.130. The van der Waals surface area contributed by atoms with Crippen molar-refractivity contribution >= 4 is 39.0 Å². The zero-order chi connectivity index (χ0) is 20.1. The summed E-state index contributed by atoms with van der Waals surface area (Å²) in [6.45, 7) is 4.03. The fourth-order valence-electron chi connectivity index (χ4n) is 2.93. The first kappa shape index (κ1) is 19.8. The molecule has 3 aromatic carbocycles. The summed E-state index contributed by atoms with van der Waals surface area (Å²) >= 11 is 3.42. The van der Waals surface area contributed by atoms with Crippen molar-refractivity contribution in [3.05, 3.63) is 93.5 Å². The number of rotatable bonds is 6. The third-order valence-corrected chi connectivity index (χ3v) is 4.85. The summed E-state index contributed by atoms with van der Waals surface area (Å²) in [4.78, 5) is 25.2. The lowest BCUT2D eigenvalue weighted by molar-refractivity contribution is -0.114. The lowest BCUT2D eigenvalue weighted by atomic mass is 10.0. The SMILES string of the molecule is Cc1ccc(NC(=O)CNc2ccc(Br)cc2C(=O)c2ccccc2)c(C)c1. The maximum Gasteiger partial charge on any atom is 0.243 e. The quantitative estimate of drug-likeness (QED) is 0.512.